The molecule has 0 amide bonds. The second-order valence-electron chi connectivity index (χ2n) is 3.20. The van der Waals surface area contributed by atoms with Crippen molar-refractivity contribution in [2.24, 2.45) is 0 Å². The van der Waals surface area contributed by atoms with E-state index in [1.54, 1.807) is 25.4 Å². The van der Waals surface area contributed by atoms with Crippen molar-refractivity contribution in [2.75, 3.05) is 12.3 Å². The SMILES string of the molecule is CCOC(=O)c1cnc2ccncc2c1N. The first kappa shape index (κ1) is 10.4. The summed E-state index contributed by atoms with van der Waals surface area (Å²) in [7, 11) is 0. The van der Waals surface area contributed by atoms with Crippen LogP contribution in [0.15, 0.2) is 24.7 Å². The molecule has 2 heterocycles. The summed E-state index contributed by atoms with van der Waals surface area (Å²) in [6.45, 7) is 2.05. The molecule has 2 N–H and O–H groups in total. The third-order valence-corrected chi connectivity index (χ3v) is 2.21. The Morgan fingerprint density at radius 2 is 2.31 bits per heavy atom. The average molecular weight is 217 g/mol. The van der Waals surface area contributed by atoms with Crippen molar-refractivity contribution in [1.29, 1.82) is 0 Å². The van der Waals surface area contributed by atoms with Crippen molar-refractivity contribution in [1.82, 2.24) is 9.97 Å². The molecule has 2 aromatic heterocycles. The second kappa shape index (κ2) is 4.14. The largest absolute Gasteiger partial charge is 0.462 e. The van der Waals surface area contributed by atoms with Crippen molar-refractivity contribution >= 4 is 22.6 Å². The number of carbonyl (C=O) groups excluding carboxylic acids is 1. The fraction of sp³-hybridized carbons (Fsp3) is 0.182. The molecule has 0 bridgehead atoms. The topological polar surface area (TPSA) is 78.1 Å². The molecule has 0 aliphatic carbocycles. The van der Waals surface area contributed by atoms with Gasteiger partial charge in [-0.25, -0.2) is 4.79 Å². The normalized spacial score (nSPS) is 10.3. The van der Waals surface area contributed by atoms with Crippen molar-refractivity contribution in [2.45, 2.75) is 6.92 Å². The van der Waals surface area contributed by atoms with E-state index in [1.165, 1.54) is 6.20 Å². The van der Waals surface area contributed by atoms with Gasteiger partial charge in [-0.3, -0.25) is 9.97 Å². The highest BCUT2D eigenvalue weighted by Gasteiger charge is 2.13. The van der Waals surface area contributed by atoms with E-state index in [4.69, 9.17) is 10.5 Å². The van der Waals surface area contributed by atoms with Gasteiger partial charge < -0.3 is 10.5 Å². The highest BCUT2D eigenvalue weighted by atomic mass is 16.5. The van der Waals surface area contributed by atoms with Crippen LogP contribution < -0.4 is 5.73 Å². The predicted molar refractivity (Wildman–Crippen MR) is 59.9 cm³/mol. The molecule has 16 heavy (non-hydrogen) atoms. The molecule has 2 aromatic rings. The number of anilines is 1. The van der Waals surface area contributed by atoms with Crippen LogP contribution in [-0.2, 0) is 4.74 Å². The van der Waals surface area contributed by atoms with Gasteiger partial charge in [0, 0.05) is 24.0 Å². The number of nitrogens with zero attached hydrogens (tertiary/aromatic N) is 2. The van der Waals surface area contributed by atoms with Crippen LogP contribution in [0.4, 0.5) is 5.69 Å². The summed E-state index contributed by atoms with van der Waals surface area (Å²) >= 11 is 0. The van der Waals surface area contributed by atoms with Gasteiger partial charge in [0.1, 0.15) is 5.56 Å². The summed E-state index contributed by atoms with van der Waals surface area (Å²) in [6.07, 6.45) is 4.63. The molecule has 0 spiro atoms. The smallest absolute Gasteiger partial charge is 0.341 e. The second-order valence-corrected chi connectivity index (χ2v) is 3.20. The number of nitrogen functional groups attached to an aromatic ring is 1. The summed E-state index contributed by atoms with van der Waals surface area (Å²) in [5.41, 5.74) is 7.22. The first-order valence-electron chi connectivity index (χ1n) is 4.89. The molecule has 0 unspecified atom stereocenters. The standard InChI is InChI=1S/C11H11N3O2/c1-2-16-11(15)8-6-14-9-3-4-13-5-7(9)10(8)12/h3-6H,2H2,1H3,(H2,12,14). The molecule has 5 nitrogen and oxygen atoms in total. The molecule has 82 valence electrons. The number of hydrogen-bond acceptors (Lipinski definition) is 5. The molecule has 5 heteroatoms. The highest BCUT2D eigenvalue weighted by Crippen LogP contribution is 2.22. The van der Waals surface area contributed by atoms with Crippen LogP contribution in [0, 0.1) is 0 Å². The van der Waals surface area contributed by atoms with Crippen LogP contribution in [0.3, 0.4) is 0 Å². The number of ether oxygens (including phenoxy) is 1. The number of nitrogens with two attached hydrogens (primary N) is 1. The lowest BCUT2D eigenvalue weighted by Gasteiger charge is -2.06. The third kappa shape index (κ3) is 1.67. The Morgan fingerprint density at radius 3 is 3.06 bits per heavy atom. The summed E-state index contributed by atoms with van der Waals surface area (Å²) in [5, 5.41) is 0.660. The first-order valence-corrected chi connectivity index (χ1v) is 4.89. The quantitative estimate of drug-likeness (QED) is 0.769. The van der Waals surface area contributed by atoms with Crippen LogP contribution in [0.2, 0.25) is 0 Å². The molecule has 0 aliphatic heterocycles. The van der Waals surface area contributed by atoms with Crippen LogP contribution in [-0.4, -0.2) is 22.5 Å². The van der Waals surface area contributed by atoms with Crippen LogP contribution in [0.5, 0.6) is 0 Å². The molecular weight excluding hydrogens is 206 g/mol. The molecular formula is C11H11N3O2. The minimum absolute atomic E-state index is 0.280. The zero-order valence-corrected chi connectivity index (χ0v) is 8.80. The van der Waals surface area contributed by atoms with E-state index in [-0.39, 0.29) is 5.56 Å². The molecule has 0 fully saturated rings. The molecule has 0 aliphatic rings. The molecule has 2 rings (SSSR count). The fourth-order valence-corrected chi connectivity index (χ4v) is 1.43. The Morgan fingerprint density at radius 1 is 1.50 bits per heavy atom. The zero-order valence-electron chi connectivity index (χ0n) is 8.80. The molecule has 0 atom stereocenters. The van der Waals surface area contributed by atoms with Gasteiger partial charge in [-0.2, -0.15) is 0 Å². The average Bonchev–Trinajstić information content (AvgIpc) is 2.30. The molecule has 0 radical (unpaired) electrons. The number of aromatic nitrogens is 2. The minimum atomic E-state index is -0.460. The lowest BCUT2D eigenvalue weighted by Crippen LogP contribution is -2.09. The van der Waals surface area contributed by atoms with Gasteiger partial charge in [-0.15, -0.1) is 0 Å². The van der Waals surface area contributed by atoms with E-state index >= 15 is 0 Å². The van der Waals surface area contributed by atoms with Gasteiger partial charge in [0.05, 0.1) is 17.8 Å². The van der Waals surface area contributed by atoms with Crippen LogP contribution in [0.25, 0.3) is 10.9 Å². The lowest BCUT2D eigenvalue weighted by molar-refractivity contribution is 0.0527. The van der Waals surface area contributed by atoms with E-state index in [9.17, 15) is 4.79 Å². The van der Waals surface area contributed by atoms with Crippen LogP contribution in [0.1, 0.15) is 17.3 Å². The predicted octanol–water partition coefficient (Wildman–Crippen LogP) is 1.39. The van der Waals surface area contributed by atoms with E-state index < -0.39 is 5.97 Å². The summed E-state index contributed by atoms with van der Waals surface area (Å²) < 4.78 is 4.88. The maximum Gasteiger partial charge on any atom is 0.341 e. The molecule has 0 saturated heterocycles. The molecule has 0 saturated carbocycles. The van der Waals surface area contributed by atoms with E-state index in [0.29, 0.717) is 23.2 Å². The van der Waals surface area contributed by atoms with E-state index in [1.807, 2.05) is 0 Å². The minimum Gasteiger partial charge on any atom is -0.462 e. The third-order valence-electron chi connectivity index (χ3n) is 2.21. The number of fused-ring (bicyclic) bond motifs is 1. The van der Waals surface area contributed by atoms with Crippen molar-refractivity contribution in [3.05, 3.63) is 30.2 Å². The van der Waals surface area contributed by atoms with Crippen molar-refractivity contribution in [3.8, 4) is 0 Å². The van der Waals surface area contributed by atoms with E-state index in [0.717, 1.165) is 0 Å². The fourth-order valence-electron chi connectivity index (χ4n) is 1.43. The Hall–Kier alpha value is -2.17. The van der Waals surface area contributed by atoms with Gasteiger partial charge in [0.15, 0.2) is 0 Å². The Balaban J connectivity index is 2.56. The number of esters is 1. The first-order chi connectivity index (χ1) is 7.74. The van der Waals surface area contributed by atoms with Crippen molar-refractivity contribution in [3.63, 3.8) is 0 Å². The monoisotopic (exact) mass is 217 g/mol. The van der Waals surface area contributed by atoms with E-state index in [2.05, 4.69) is 9.97 Å². The van der Waals surface area contributed by atoms with Gasteiger partial charge in [0.2, 0.25) is 0 Å². The summed E-state index contributed by atoms with van der Waals surface area (Å²) in [6, 6.07) is 1.74. The van der Waals surface area contributed by atoms with Gasteiger partial charge in [-0.05, 0) is 13.0 Å². The maximum atomic E-state index is 11.5. The Labute approximate surface area is 92.3 Å². The summed E-state index contributed by atoms with van der Waals surface area (Å²) in [4.78, 5) is 19.6. The van der Waals surface area contributed by atoms with Crippen molar-refractivity contribution < 1.29 is 9.53 Å². The number of carbonyl (C=O) groups is 1. The maximum absolute atomic E-state index is 11.5. The Bertz CT molecular complexity index is 540. The highest BCUT2D eigenvalue weighted by molar-refractivity contribution is 6.03. The lowest BCUT2D eigenvalue weighted by atomic mass is 10.1. The number of hydrogen-bond donors (Lipinski definition) is 1. The number of pyridine rings is 2. The molecule has 0 aromatic carbocycles. The number of rotatable bonds is 2. The van der Waals surface area contributed by atoms with Crippen LogP contribution >= 0.6 is 0 Å². The van der Waals surface area contributed by atoms with Gasteiger partial charge in [-0.1, -0.05) is 0 Å². The van der Waals surface area contributed by atoms with Gasteiger partial charge >= 0.3 is 5.97 Å². The summed E-state index contributed by atoms with van der Waals surface area (Å²) in [5.74, 6) is -0.460. The Kier molecular flexibility index (Phi) is 2.68. The van der Waals surface area contributed by atoms with Gasteiger partial charge in [0.25, 0.3) is 0 Å². The zero-order chi connectivity index (χ0) is 11.5.